The third-order valence-electron chi connectivity index (χ3n) is 5.21. The minimum Gasteiger partial charge on any atom is -0.357 e. The fourth-order valence-corrected chi connectivity index (χ4v) is 4.98. The Labute approximate surface area is 179 Å². The lowest BCUT2D eigenvalue weighted by molar-refractivity contribution is 0.278. The number of rotatable bonds is 8. The summed E-state index contributed by atoms with van der Waals surface area (Å²) in [5, 5.41) is 6.63. The molecule has 1 aromatic heterocycles. The number of hydrogen-bond donors (Lipinski definition) is 2. The molecule has 0 atom stereocenters. The van der Waals surface area contributed by atoms with E-state index in [0.29, 0.717) is 30.4 Å². The zero-order chi connectivity index (χ0) is 21.2. The molecule has 3 rings (SSSR count). The van der Waals surface area contributed by atoms with Crippen LogP contribution in [0.2, 0.25) is 0 Å². The van der Waals surface area contributed by atoms with Gasteiger partial charge in [0, 0.05) is 51.0 Å². The highest BCUT2D eigenvalue weighted by Gasteiger charge is 2.29. The van der Waals surface area contributed by atoms with Crippen LogP contribution in [0.3, 0.4) is 0 Å². The molecule has 0 spiro atoms. The first-order valence-electron chi connectivity index (χ1n) is 10.6. The molecule has 8 heteroatoms. The highest BCUT2D eigenvalue weighted by molar-refractivity contribution is 7.89. The van der Waals surface area contributed by atoms with Crippen LogP contribution in [0.25, 0.3) is 0 Å². The summed E-state index contributed by atoms with van der Waals surface area (Å²) in [5.74, 6) is 1.19. The Morgan fingerprint density at radius 2 is 1.83 bits per heavy atom. The molecule has 2 heterocycles. The van der Waals surface area contributed by atoms with Gasteiger partial charge in [0.15, 0.2) is 5.96 Å². The molecule has 0 aliphatic carbocycles. The highest BCUT2D eigenvalue weighted by atomic mass is 32.2. The second-order valence-corrected chi connectivity index (χ2v) is 9.32. The summed E-state index contributed by atoms with van der Waals surface area (Å²) in [5.41, 5.74) is 1.05. The molecule has 1 aromatic carbocycles. The van der Waals surface area contributed by atoms with E-state index >= 15 is 0 Å². The molecule has 0 radical (unpaired) electrons. The maximum Gasteiger partial charge on any atom is 0.243 e. The smallest absolute Gasteiger partial charge is 0.243 e. The number of guanidine groups is 1. The van der Waals surface area contributed by atoms with Gasteiger partial charge in [0.05, 0.1) is 4.90 Å². The molecule has 0 amide bonds. The molecule has 1 fully saturated rings. The lowest BCUT2D eigenvalue weighted by Gasteiger charge is -2.30. The van der Waals surface area contributed by atoms with Gasteiger partial charge < -0.3 is 10.6 Å². The predicted octanol–water partition coefficient (Wildman–Crippen LogP) is 2.28. The van der Waals surface area contributed by atoms with Crippen molar-refractivity contribution in [3.05, 3.63) is 60.4 Å². The minimum atomic E-state index is -3.40. The number of aliphatic imine (C=N–C) groups is 1. The van der Waals surface area contributed by atoms with E-state index in [9.17, 15) is 8.42 Å². The van der Waals surface area contributed by atoms with Crippen LogP contribution in [-0.2, 0) is 16.4 Å². The summed E-state index contributed by atoms with van der Waals surface area (Å²) in [4.78, 5) is 9.42. The molecular weight excluding hydrogens is 398 g/mol. The summed E-state index contributed by atoms with van der Waals surface area (Å²) in [6.07, 6.45) is 4.28. The van der Waals surface area contributed by atoms with Crippen LogP contribution in [0.15, 0.2) is 64.6 Å². The van der Waals surface area contributed by atoms with Crippen molar-refractivity contribution in [1.29, 1.82) is 0 Å². The second-order valence-electron chi connectivity index (χ2n) is 7.38. The van der Waals surface area contributed by atoms with Crippen molar-refractivity contribution in [1.82, 2.24) is 19.9 Å². The first-order valence-corrected chi connectivity index (χ1v) is 12.0. The number of hydrogen-bond acceptors (Lipinski definition) is 4. The fourth-order valence-electron chi connectivity index (χ4n) is 3.49. The Bertz CT molecular complexity index is 896. The van der Waals surface area contributed by atoms with E-state index < -0.39 is 10.0 Å². The second kappa shape index (κ2) is 11.1. The van der Waals surface area contributed by atoms with Gasteiger partial charge in [-0.05, 0) is 49.9 Å². The van der Waals surface area contributed by atoms with Crippen LogP contribution < -0.4 is 10.6 Å². The van der Waals surface area contributed by atoms with Gasteiger partial charge in [-0.1, -0.05) is 24.3 Å². The minimum absolute atomic E-state index is 0.369. The standard InChI is InChI=1S/C22H31N5O2S/c1-2-23-22(25-15-11-20-8-6-7-14-24-20)26-18-19-12-16-27(17-13-19)30(28,29)21-9-4-3-5-10-21/h3-10,14,19H,2,11-13,15-18H2,1H3,(H2,23,25,26). The van der Waals surface area contributed by atoms with Gasteiger partial charge in [-0.25, -0.2) is 8.42 Å². The topological polar surface area (TPSA) is 86.7 Å². The Balaban J connectivity index is 1.48. The number of aromatic nitrogens is 1. The summed E-state index contributed by atoms with van der Waals surface area (Å²) >= 11 is 0. The molecule has 1 aliphatic rings. The van der Waals surface area contributed by atoms with E-state index in [2.05, 4.69) is 15.6 Å². The SMILES string of the molecule is CCNC(=NCC1CCN(S(=O)(=O)c2ccccc2)CC1)NCCc1ccccn1. The van der Waals surface area contributed by atoms with Gasteiger partial charge in [0.2, 0.25) is 10.0 Å². The number of nitrogens with one attached hydrogen (secondary N) is 2. The third-order valence-corrected chi connectivity index (χ3v) is 7.12. The molecule has 162 valence electrons. The summed E-state index contributed by atoms with van der Waals surface area (Å²) in [6, 6.07) is 14.6. The van der Waals surface area contributed by atoms with Crippen LogP contribution in [0, 0.1) is 5.92 Å². The van der Waals surface area contributed by atoms with Gasteiger partial charge in [-0.3, -0.25) is 9.98 Å². The molecular formula is C22H31N5O2S. The summed E-state index contributed by atoms with van der Waals surface area (Å²) in [7, 11) is -3.40. The maximum absolute atomic E-state index is 12.8. The fraction of sp³-hybridized carbons (Fsp3) is 0.455. The van der Waals surface area contributed by atoms with E-state index in [4.69, 9.17) is 4.99 Å². The van der Waals surface area contributed by atoms with Crippen molar-refractivity contribution in [2.45, 2.75) is 31.1 Å². The average molecular weight is 430 g/mol. The number of piperidine rings is 1. The lowest BCUT2D eigenvalue weighted by Crippen LogP contribution is -2.40. The molecule has 2 N–H and O–H groups in total. The van der Waals surface area contributed by atoms with Gasteiger partial charge in [-0.2, -0.15) is 4.31 Å². The Morgan fingerprint density at radius 3 is 2.50 bits per heavy atom. The van der Waals surface area contributed by atoms with Crippen LogP contribution >= 0.6 is 0 Å². The van der Waals surface area contributed by atoms with Crippen LogP contribution in [0.1, 0.15) is 25.5 Å². The monoisotopic (exact) mass is 429 g/mol. The van der Waals surface area contributed by atoms with Crippen molar-refractivity contribution >= 4 is 16.0 Å². The van der Waals surface area contributed by atoms with Crippen molar-refractivity contribution in [3.8, 4) is 0 Å². The highest BCUT2D eigenvalue weighted by Crippen LogP contribution is 2.23. The molecule has 30 heavy (non-hydrogen) atoms. The quantitative estimate of drug-likeness (QED) is 0.497. The van der Waals surface area contributed by atoms with E-state index in [1.807, 2.05) is 31.2 Å². The molecule has 1 saturated heterocycles. The van der Waals surface area contributed by atoms with Crippen molar-refractivity contribution in [2.75, 3.05) is 32.7 Å². The molecule has 0 saturated carbocycles. The summed E-state index contributed by atoms with van der Waals surface area (Å²) in [6.45, 7) is 5.38. The van der Waals surface area contributed by atoms with E-state index in [1.165, 1.54) is 0 Å². The molecule has 0 bridgehead atoms. The van der Waals surface area contributed by atoms with Crippen molar-refractivity contribution in [2.24, 2.45) is 10.9 Å². The number of benzene rings is 1. The van der Waals surface area contributed by atoms with Gasteiger partial charge in [0.1, 0.15) is 0 Å². The van der Waals surface area contributed by atoms with Crippen molar-refractivity contribution in [3.63, 3.8) is 0 Å². The third kappa shape index (κ3) is 6.27. The summed E-state index contributed by atoms with van der Waals surface area (Å²) < 4.78 is 27.1. The molecule has 1 aliphatic heterocycles. The van der Waals surface area contributed by atoms with Crippen LogP contribution in [0.5, 0.6) is 0 Å². The van der Waals surface area contributed by atoms with Gasteiger partial charge >= 0.3 is 0 Å². The lowest BCUT2D eigenvalue weighted by atomic mass is 9.98. The zero-order valence-corrected chi connectivity index (χ0v) is 18.3. The number of sulfonamides is 1. The number of nitrogens with zero attached hydrogens (tertiary/aromatic N) is 3. The first kappa shape index (κ1) is 22.2. The van der Waals surface area contributed by atoms with Gasteiger partial charge in [-0.15, -0.1) is 0 Å². The normalized spacial score (nSPS) is 16.4. The predicted molar refractivity (Wildman–Crippen MR) is 120 cm³/mol. The van der Waals surface area contributed by atoms with E-state index in [0.717, 1.165) is 44.0 Å². The first-order chi connectivity index (χ1) is 14.6. The van der Waals surface area contributed by atoms with E-state index in [-0.39, 0.29) is 0 Å². The Morgan fingerprint density at radius 1 is 1.10 bits per heavy atom. The molecule has 7 nitrogen and oxygen atoms in total. The molecule has 2 aromatic rings. The van der Waals surface area contributed by atoms with Crippen LogP contribution in [0.4, 0.5) is 0 Å². The number of pyridine rings is 1. The van der Waals surface area contributed by atoms with Crippen molar-refractivity contribution < 1.29 is 8.42 Å². The van der Waals surface area contributed by atoms with Gasteiger partial charge in [0.25, 0.3) is 0 Å². The Kier molecular flexibility index (Phi) is 8.21. The van der Waals surface area contributed by atoms with Crippen LogP contribution in [-0.4, -0.2) is 56.4 Å². The maximum atomic E-state index is 12.8. The Hall–Kier alpha value is -2.45. The zero-order valence-electron chi connectivity index (χ0n) is 17.5. The average Bonchev–Trinajstić information content (AvgIpc) is 2.79. The largest absolute Gasteiger partial charge is 0.357 e. The molecule has 0 unspecified atom stereocenters. The van der Waals surface area contributed by atoms with E-state index in [1.54, 1.807) is 34.8 Å².